The number of alkyl halides is 3. The number of hydrogen-bond acceptors (Lipinski definition) is 5. The second-order valence-electron chi connectivity index (χ2n) is 4.74. The van der Waals surface area contributed by atoms with Gasteiger partial charge in [0.25, 0.3) is 17.5 Å². The molecule has 0 unspecified atom stereocenters. The highest BCUT2D eigenvalue weighted by atomic mass is 35.5. The van der Waals surface area contributed by atoms with Crippen LogP contribution >= 0.6 is 11.6 Å². The number of hydrogen-bond donors (Lipinski definition) is 1. The van der Waals surface area contributed by atoms with Crippen molar-refractivity contribution in [2.24, 2.45) is 0 Å². The van der Waals surface area contributed by atoms with E-state index in [1.807, 2.05) is 0 Å². The highest BCUT2D eigenvalue weighted by Crippen LogP contribution is 2.26. The first kappa shape index (κ1) is 16.1. The van der Waals surface area contributed by atoms with Gasteiger partial charge in [-0.2, -0.15) is 22.7 Å². The molecule has 0 saturated heterocycles. The predicted molar refractivity (Wildman–Crippen MR) is 77.7 cm³/mol. The fourth-order valence-electron chi connectivity index (χ4n) is 1.91. The van der Waals surface area contributed by atoms with Gasteiger partial charge in [-0.05, 0) is 31.2 Å². The Balaban J connectivity index is 1.95. The third-order valence-electron chi connectivity index (χ3n) is 3.06. The second kappa shape index (κ2) is 5.71. The minimum Gasteiger partial charge on any atom is -0.321 e. The Labute approximate surface area is 137 Å². The number of fused-ring (bicyclic) bond motifs is 1. The van der Waals surface area contributed by atoms with Crippen molar-refractivity contribution < 1.29 is 18.0 Å². The Kier molecular flexibility index (Phi) is 3.84. The van der Waals surface area contributed by atoms with E-state index in [9.17, 15) is 18.0 Å². The molecule has 24 heavy (non-hydrogen) atoms. The Morgan fingerprint density at radius 3 is 2.50 bits per heavy atom. The number of halogens is 4. The first-order chi connectivity index (χ1) is 11.3. The molecule has 3 rings (SSSR count). The van der Waals surface area contributed by atoms with Crippen molar-refractivity contribution in [1.82, 2.24) is 24.8 Å². The number of nitrogens with one attached hydrogen (secondary N) is 1. The number of anilines is 1. The fraction of sp³-hybridized carbons (Fsp3) is 0.154. The van der Waals surface area contributed by atoms with Gasteiger partial charge in [0.05, 0.1) is 5.69 Å². The summed E-state index contributed by atoms with van der Waals surface area (Å²) in [5.41, 5.74) is 0.353. The lowest BCUT2D eigenvalue weighted by Gasteiger charge is -2.06. The summed E-state index contributed by atoms with van der Waals surface area (Å²) in [5.74, 6) is -2.34. The van der Waals surface area contributed by atoms with Crippen molar-refractivity contribution in [3.8, 4) is 0 Å². The second-order valence-corrected chi connectivity index (χ2v) is 5.18. The van der Waals surface area contributed by atoms with E-state index in [1.54, 1.807) is 24.3 Å². The van der Waals surface area contributed by atoms with Gasteiger partial charge in [-0.25, -0.2) is 0 Å². The quantitative estimate of drug-likeness (QED) is 0.763. The Morgan fingerprint density at radius 1 is 1.21 bits per heavy atom. The van der Waals surface area contributed by atoms with Gasteiger partial charge in [0, 0.05) is 10.7 Å². The number of nitrogens with zero attached hydrogens (tertiary/aromatic N) is 5. The summed E-state index contributed by atoms with van der Waals surface area (Å²) in [7, 11) is 0. The molecule has 11 heteroatoms. The Hall–Kier alpha value is -2.75. The Bertz CT molecular complexity index is 922. The van der Waals surface area contributed by atoms with E-state index >= 15 is 0 Å². The standard InChI is InChI=1S/C13H8ClF3N6O/c1-6-9(10(24)18-8-4-2-7(14)3-5-8)20-21-12-19-11(13(15,16)17)22-23(6)12/h2-5H,1H3,(H,18,24). The molecule has 0 bridgehead atoms. The van der Waals surface area contributed by atoms with Gasteiger partial charge in [0.15, 0.2) is 5.69 Å². The smallest absolute Gasteiger partial charge is 0.321 e. The highest BCUT2D eigenvalue weighted by molar-refractivity contribution is 6.30. The molecule has 1 aromatic carbocycles. The molecular formula is C13H8ClF3N6O. The fourth-order valence-corrected chi connectivity index (χ4v) is 2.04. The van der Waals surface area contributed by atoms with E-state index in [0.29, 0.717) is 10.7 Å². The van der Waals surface area contributed by atoms with Gasteiger partial charge in [0.1, 0.15) is 0 Å². The van der Waals surface area contributed by atoms with Crippen LogP contribution in [-0.4, -0.2) is 30.7 Å². The number of carbonyl (C=O) groups excluding carboxylic acids is 1. The lowest BCUT2D eigenvalue weighted by atomic mass is 10.3. The van der Waals surface area contributed by atoms with Gasteiger partial charge in [-0.1, -0.05) is 11.6 Å². The first-order valence-electron chi connectivity index (χ1n) is 6.50. The zero-order valence-electron chi connectivity index (χ0n) is 12.0. The average Bonchev–Trinajstić information content (AvgIpc) is 2.95. The average molecular weight is 357 g/mol. The lowest BCUT2D eigenvalue weighted by molar-refractivity contribution is -0.144. The van der Waals surface area contributed by atoms with E-state index in [2.05, 4.69) is 25.6 Å². The number of aryl methyl sites for hydroxylation is 1. The van der Waals surface area contributed by atoms with E-state index in [0.717, 1.165) is 4.52 Å². The van der Waals surface area contributed by atoms with Gasteiger partial charge in [0.2, 0.25) is 0 Å². The summed E-state index contributed by atoms with van der Waals surface area (Å²) in [5, 5.41) is 13.5. The lowest BCUT2D eigenvalue weighted by Crippen LogP contribution is -2.18. The molecule has 0 aliphatic heterocycles. The van der Waals surface area contributed by atoms with E-state index < -0.39 is 17.9 Å². The molecule has 2 heterocycles. The molecule has 1 amide bonds. The van der Waals surface area contributed by atoms with Crippen LogP contribution in [0.25, 0.3) is 5.78 Å². The zero-order valence-corrected chi connectivity index (χ0v) is 12.7. The minimum absolute atomic E-state index is 0.0782. The maximum atomic E-state index is 12.7. The molecular weight excluding hydrogens is 349 g/mol. The molecule has 0 fully saturated rings. The summed E-state index contributed by atoms with van der Waals surface area (Å²) in [6.07, 6.45) is -4.72. The van der Waals surface area contributed by atoms with Crippen LogP contribution in [0, 0.1) is 6.92 Å². The van der Waals surface area contributed by atoms with E-state index in [1.165, 1.54) is 6.92 Å². The number of rotatable bonds is 2. The summed E-state index contributed by atoms with van der Waals surface area (Å²) < 4.78 is 38.8. The van der Waals surface area contributed by atoms with Crippen LogP contribution < -0.4 is 5.32 Å². The molecule has 0 aliphatic carbocycles. The van der Waals surface area contributed by atoms with Crippen LogP contribution in [0.3, 0.4) is 0 Å². The highest BCUT2D eigenvalue weighted by Gasteiger charge is 2.37. The van der Waals surface area contributed by atoms with Gasteiger partial charge in [-0.15, -0.1) is 15.3 Å². The number of aromatic nitrogens is 5. The molecule has 0 atom stereocenters. The Morgan fingerprint density at radius 2 is 1.88 bits per heavy atom. The van der Waals surface area contributed by atoms with Crippen LogP contribution in [0.2, 0.25) is 5.02 Å². The molecule has 2 aromatic heterocycles. The summed E-state index contributed by atoms with van der Waals surface area (Å²) in [4.78, 5) is 15.5. The molecule has 0 saturated carbocycles. The third-order valence-corrected chi connectivity index (χ3v) is 3.31. The van der Waals surface area contributed by atoms with Crippen molar-refractivity contribution in [3.05, 3.63) is 46.5 Å². The largest absolute Gasteiger partial charge is 0.453 e. The number of amides is 1. The van der Waals surface area contributed by atoms with Crippen molar-refractivity contribution in [3.63, 3.8) is 0 Å². The molecule has 3 aromatic rings. The summed E-state index contributed by atoms with van der Waals surface area (Å²) in [6, 6.07) is 6.29. The maximum Gasteiger partial charge on any atom is 0.453 e. The third kappa shape index (κ3) is 3.00. The van der Waals surface area contributed by atoms with E-state index in [-0.39, 0.29) is 17.2 Å². The zero-order chi connectivity index (χ0) is 17.5. The number of benzene rings is 1. The SMILES string of the molecule is Cc1c(C(=O)Nc2ccc(Cl)cc2)nnc2nc(C(F)(F)F)nn12. The molecule has 0 spiro atoms. The van der Waals surface area contributed by atoms with Crippen LogP contribution in [0.15, 0.2) is 24.3 Å². The molecule has 0 aliphatic rings. The summed E-state index contributed by atoms with van der Waals surface area (Å²) >= 11 is 5.75. The van der Waals surface area contributed by atoms with Gasteiger partial charge >= 0.3 is 6.18 Å². The molecule has 7 nitrogen and oxygen atoms in total. The monoisotopic (exact) mass is 356 g/mol. The normalized spacial score (nSPS) is 11.7. The summed E-state index contributed by atoms with van der Waals surface area (Å²) in [6.45, 7) is 1.40. The molecule has 1 N–H and O–H groups in total. The topological polar surface area (TPSA) is 85.1 Å². The molecule has 124 valence electrons. The minimum atomic E-state index is -4.72. The van der Waals surface area contributed by atoms with Crippen LogP contribution in [-0.2, 0) is 6.18 Å². The van der Waals surface area contributed by atoms with Crippen LogP contribution in [0.4, 0.5) is 18.9 Å². The van der Waals surface area contributed by atoms with E-state index in [4.69, 9.17) is 11.6 Å². The predicted octanol–water partition coefficient (Wildman–Crippen LogP) is 2.75. The van der Waals surface area contributed by atoms with Gasteiger partial charge < -0.3 is 5.32 Å². The van der Waals surface area contributed by atoms with Crippen LogP contribution in [0.5, 0.6) is 0 Å². The number of carbonyl (C=O) groups is 1. The van der Waals surface area contributed by atoms with Gasteiger partial charge in [-0.3, -0.25) is 4.79 Å². The van der Waals surface area contributed by atoms with Crippen LogP contribution in [0.1, 0.15) is 22.0 Å². The van der Waals surface area contributed by atoms with Crippen molar-refractivity contribution in [2.75, 3.05) is 5.32 Å². The maximum absolute atomic E-state index is 12.7. The van der Waals surface area contributed by atoms with Crippen molar-refractivity contribution in [1.29, 1.82) is 0 Å². The van der Waals surface area contributed by atoms with Crippen molar-refractivity contribution in [2.45, 2.75) is 13.1 Å². The van der Waals surface area contributed by atoms with Crippen molar-refractivity contribution >= 4 is 29.0 Å². The molecule has 0 radical (unpaired) electrons. The first-order valence-corrected chi connectivity index (χ1v) is 6.87.